The normalized spacial score (nSPS) is 15.8. The van der Waals surface area contributed by atoms with E-state index < -0.39 is 17.5 Å². The number of hydrogen-bond acceptors (Lipinski definition) is 4. The van der Waals surface area contributed by atoms with Gasteiger partial charge in [-0.3, -0.25) is 0 Å². The Labute approximate surface area is 159 Å². The third kappa shape index (κ3) is 3.69. The van der Waals surface area contributed by atoms with Gasteiger partial charge < -0.3 is 9.47 Å². The fraction of sp³-hybridized carbons (Fsp3) is 0.143. The van der Waals surface area contributed by atoms with E-state index in [0.717, 1.165) is 23.3 Å². The summed E-state index contributed by atoms with van der Waals surface area (Å²) in [6, 6.07) is 13.3. The van der Waals surface area contributed by atoms with Crippen molar-refractivity contribution in [1.29, 1.82) is 0 Å². The van der Waals surface area contributed by atoms with Gasteiger partial charge in [-0.2, -0.15) is 0 Å². The van der Waals surface area contributed by atoms with Gasteiger partial charge in [-0.15, -0.1) is 0 Å². The molecule has 1 unspecified atom stereocenters. The Bertz CT molecular complexity index is 1000. The van der Waals surface area contributed by atoms with E-state index in [-0.39, 0.29) is 36.6 Å². The van der Waals surface area contributed by atoms with Crippen LogP contribution in [0.1, 0.15) is 22.7 Å². The van der Waals surface area contributed by atoms with Crippen molar-refractivity contribution in [3.63, 3.8) is 0 Å². The van der Waals surface area contributed by atoms with Gasteiger partial charge in [-0.05, 0) is 35.4 Å². The molecule has 0 saturated carbocycles. The van der Waals surface area contributed by atoms with E-state index in [4.69, 9.17) is 9.47 Å². The molecule has 0 saturated heterocycles. The fourth-order valence-electron chi connectivity index (χ4n) is 2.85. The Morgan fingerprint density at radius 2 is 1.64 bits per heavy atom. The van der Waals surface area contributed by atoms with Crippen molar-refractivity contribution in [3.8, 4) is 5.88 Å². The molecule has 7 heteroatoms. The summed E-state index contributed by atoms with van der Waals surface area (Å²) < 4.78 is 52.1. The van der Waals surface area contributed by atoms with E-state index in [2.05, 4.69) is 9.98 Å². The molecule has 2 aromatic carbocycles. The molecule has 28 heavy (non-hydrogen) atoms. The first-order valence-electron chi connectivity index (χ1n) is 8.59. The van der Waals surface area contributed by atoms with Crippen LogP contribution in [0.4, 0.5) is 13.2 Å². The van der Waals surface area contributed by atoms with Crippen LogP contribution in [0, 0.1) is 17.5 Å². The summed E-state index contributed by atoms with van der Waals surface area (Å²) in [5, 5.41) is 0. The summed E-state index contributed by atoms with van der Waals surface area (Å²) in [7, 11) is 0. The molecule has 1 aromatic heterocycles. The Morgan fingerprint density at radius 1 is 0.929 bits per heavy atom. The molecule has 1 aliphatic heterocycles. The van der Waals surface area contributed by atoms with Crippen LogP contribution in [0.2, 0.25) is 0 Å². The maximum Gasteiger partial charge on any atom is 0.250 e. The van der Waals surface area contributed by atoms with Crippen LogP contribution in [-0.4, -0.2) is 17.5 Å². The van der Waals surface area contributed by atoms with Gasteiger partial charge in [0.05, 0.1) is 0 Å². The molecular weight excluding hydrogens is 369 g/mol. The number of nitrogens with zero attached hydrogens (tertiary/aromatic N) is 2. The second kappa shape index (κ2) is 7.72. The number of hydrogen-bond donors (Lipinski definition) is 0. The fourth-order valence-corrected chi connectivity index (χ4v) is 2.85. The quantitative estimate of drug-likeness (QED) is 0.646. The van der Waals surface area contributed by atoms with Gasteiger partial charge >= 0.3 is 0 Å². The smallest absolute Gasteiger partial charge is 0.250 e. The number of rotatable bonds is 5. The number of benzene rings is 2. The predicted octanol–water partition coefficient (Wildman–Crippen LogP) is 4.60. The number of aliphatic imine (C=N–C) groups is 1. The van der Waals surface area contributed by atoms with E-state index in [1.807, 2.05) is 24.3 Å². The maximum absolute atomic E-state index is 13.9. The molecule has 4 nitrogen and oxygen atoms in total. The minimum Gasteiger partial charge on any atom is -0.475 e. The molecule has 0 spiro atoms. The molecule has 142 valence electrons. The maximum atomic E-state index is 13.9. The standard InChI is InChI=1S/C21H15F3N2O2/c22-15-3-1-4-16(23)19(15)21-26-18(12-28-21)14-8-6-13(7-9-14)11-27-20-17(24)5-2-10-25-20/h1-10,18H,11-12H2. The molecule has 0 amide bonds. The Morgan fingerprint density at radius 3 is 2.36 bits per heavy atom. The third-order valence-corrected chi connectivity index (χ3v) is 4.29. The molecule has 0 fully saturated rings. The summed E-state index contributed by atoms with van der Waals surface area (Å²) in [5.41, 5.74) is 1.39. The molecule has 4 rings (SSSR count). The SMILES string of the molecule is Fc1cccnc1OCc1ccc(C2COC(c3c(F)cccc3F)=N2)cc1. The van der Waals surface area contributed by atoms with Gasteiger partial charge in [0, 0.05) is 6.20 Å². The van der Waals surface area contributed by atoms with Crippen LogP contribution in [0.3, 0.4) is 0 Å². The zero-order valence-electron chi connectivity index (χ0n) is 14.6. The number of halogens is 3. The van der Waals surface area contributed by atoms with Crippen molar-refractivity contribution >= 4 is 5.90 Å². The molecule has 1 atom stereocenters. The van der Waals surface area contributed by atoms with E-state index in [1.54, 1.807) is 0 Å². The van der Waals surface area contributed by atoms with Crippen LogP contribution in [0.25, 0.3) is 0 Å². The Balaban J connectivity index is 1.46. The first-order valence-corrected chi connectivity index (χ1v) is 8.59. The van der Waals surface area contributed by atoms with E-state index in [9.17, 15) is 13.2 Å². The van der Waals surface area contributed by atoms with Crippen LogP contribution >= 0.6 is 0 Å². The number of pyridine rings is 1. The molecule has 1 aliphatic rings. The molecule has 0 aliphatic carbocycles. The monoisotopic (exact) mass is 384 g/mol. The molecule has 2 heterocycles. The van der Waals surface area contributed by atoms with Crippen LogP contribution in [-0.2, 0) is 11.3 Å². The predicted molar refractivity (Wildman–Crippen MR) is 96.6 cm³/mol. The Hall–Kier alpha value is -3.35. The highest BCUT2D eigenvalue weighted by atomic mass is 19.1. The molecular formula is C21H15F3N2O2. The lowest BCUT2D eigenvalue weighted by Crippen LogP contribution is -2.07. The molecule has 0 radical (unpaired) electrons. The van der Waals surface area contributed by atoms with Gasteiger partial charge in [-0.1, -0.05) is 30.3 Å². The highest BCUT2D eigenvalue weighted by molar-refractivity contribution is 5.95. The zero-order chi connectivity index (χ0) is 19.5. The van der Waals surface area contributed by atoms with Gasteiger partial charge in [0.2, 0.25) is 5.90 Å². The molecule has 0 N–H and O–H groups in total. The summed E-state index contributed by atoms with van der Waals surface area (Å²) >= 11 is 0. The van der Waals surface area contributed by atoms with Gasteiger partial charge in [0.15, 0.2) is 5.82 Å². The summed E-state index contributed by atoms with van der Waals surface area (Å²) in [4.78, 5) is 8.14. The van der Waals surface area contributed by atoms with Gasteiger partial charge in [-0.25, -0.2) is 23.1 Å². The van der Waals surface area contributed by atoms with Crippen molar-refractivity contribution in [2.75, 3.05) is 6.61 Å². The van der Waals surface area contributed by atoms with E-state index >= 15 is 0 Å². The first-order chi connectivity index (χ1) is 13.6. The average Bonchev–Trinajstić information content (AvgIpc) is 3.17. The summed E-state index contributed by atoms with van der Waals surface area (Å²) in [5.74, 6) is -2.05. The van der Waals surface area contributed by atoms with Gasteiger partial charge in [0.1, 0.15) is 36.5 Å². The molecule has 3 aromatic rings. The topological polar surface area (TPSA) is 43.7 Å². The van der Waals surface area contributed by atoms with E-state index in [0.29, 0.717) is 0 Å². The van der Waals surface area contributed by atoms with Crippen LogP contribution in [0.15, 0.2) is 65.8 Å². The summed E-state index contributed by atoms with van der Waals surface area (Å²) in [6.45, 7) is 0.350. The van der Waals surface area contributed by atoms with Crippen LogP contribution < -0.4 is 4.74 Å². The second-order valence-electron chi connectivity index (χ2n) is 6.18. The lowest BCUT2D eigenvalue weighted by molar-refractivity contribution is 0.277. The Kier molecular flexibility index (Phi) is 4.97. The largest absolute Gasteiger partial charge is 0.475 e. The highest BCUT2D eigenvalue weighted by Gasteiger charge is 2.26. The second-order valence-corrected chi connectivity index (χ2v) is 6.18. The van der Waals surface area contributed by atoms with Crippen molar-refractivity contribution in [2.24, 2.45) is 4.99 Å². The number of aromatic nitrogens is 1. The zero-order valence-corrected chi connectivity index (χ0v) is 14.6. The van der Waals surface area contributed by atoms with Crippen molar-refractivity contribution in [2.45, 2.75) is 12.6 Å². The highest BCUT2D eigenvalue weighted by Crippen LogP contribution is 2.27. The van der Waals surface area contributed by atoms with Gasteiger partial charge in [0.25, 0.3) is 5.88 Å². The van der Waals surface area contributed by atoms with E-state index in [1.165, 1.54) is 24.4 Å². The lowest BCUT2D eigenvalue weighted by Gasteiger charge is -2.08. The third-order valence-electron chi connectivity index (χ3n) is 4.29. The lowest BCUT2D eigenvalue weighted by atomic mass is 10.1. The summed E-state index contributed by atoms with van der Waals surface area (Å²) in [6.07, 6.45) is 1.45. The average molecular weight is 384 g/mol. The molecule has 0 bridgehead atoms. The van der Waals surface area contributed by atoms with Crippen molar-refractivity contribution in [3.05, 3.63) is 94.9 Å². The minimum absolute atomic E-state index is 0.0429. The number of ether oxygens (including phenoxy) is 2. The van der Waals surface area contributed by atoms with Crippen molar-refractivity contribution < 1.29 is 22.6 Å². The minimum atomic E-state index is -0.714. The van der Waals surface area contributed by atoms with Crippen molar-refractivity contribution in [1.82, 2.24) is 4.98 Å². The van der Waals surface area contributed by atoms with Crippen LogP contribution in [0.5, 0.6) is 5.88 Å². The first kappa shape index (κ1) is 18.0.